The fraction of sp³-hybridized carbons (Fsp3) is 0.444. The van der Waals surface area contributed by atoms with Crippen LogP contribution in [0.3, 0.4) is 0 Å². The highest BCUT2D eigenvalue weighted by molar-refractivity contribution is 7.13. The molecule has 1 aromatic heterocycles. The molecular formula is C18H24N4OS. The van der Waals surface area contributed by atoms with Crippen LogP contribution in [0.2, 0.25) is 0 Å². The third-order valence-electron chi connectivity index (χ3n) is 4.37. The van der Waals surface area contributed by atoms with E-state index >= 15 is 0 Å². The van der Waals surface area contributed by atoms with E-state index in [-0.39, 0.29) is 5.91 Å². The Kier molecular flexibility index (Phi) is 5.16. The number of thiazole rings is 1. The van der Waals surface area contributed by atoms with E-state index in [1.165, 1.54) is 5.56 Å². The van der Waals surface area contributed by atoms with Crippen LogP contribution in [-0.2, 0) is 4.79 Å². The summed E-state index contributed by atoms with van der Waals surface area (Å²) in [4.78, 5) is 21.3. The molecule has 128 valence electrons. The van der Waals surface area contributed by atoms with Gasteiger partial charge in [0.1, 0.15) is 0 Å². The number of rotatable bonds is 4. The molecule has 3 rings (SSSR count). The second kappa shape index (κ2) is 7.32. The van der Waals surface area contributed by atoms with Crippen LogP contribution in [0.15, 0.2) is 23.7 Å². The zero-order chi connectivity index (χ0) is 17.1. The first-order valence-electron chi connectivity index (χ1n) is 8.27. The van der Waals surface area contributed by atoms with Gasteiger partial charge >= 0.3 is 0 Å². The Labute approximate surface area is 147 Å². The fourth-order valence-electron chi connectivity index (χ4n) is 3.23. The molecule has 0 aliphatic carbocycles. The molecule has 1 aliphatic heterocycles. The predicted octanol–water partition coefficient (Wildman–Crippen LogP) is 2.83. The first-order valence-corrected chi connectivity index (χ1v) is 9.15. The van der Waals surface area contributed by atoms with Crippen LogP contribution in [0.1, 0.15) is 16.7 Å². The Morgan fingerprint density at radius 3 is 2.42 bits per heavy atom. The van der Waals surface area contributed by atoms with E-state index in [0.717, 1.165) is 48.1 Å². The molecule has 1 aromatic carbocycles. The van der Waals surface area contributed by atoms with Gasteiger partial charge in [-0.05, 0) is 31.9 Å². The van der Waals surface area contributed by atoms with E-state index in [2.05, 4.69) is 39.2 Å². The zero-order valence-electron chi connectivity index (χ0n) is 14.5. The van der Waals surface area contributed by atoms with Crippen LogP contribution in [0, 0.1) is 20.8 Å². The highest BCUT2D eigenvalue weighted by Crippen LogP contribution is 2.22. The minimum atomic E-state index is 0.0627. The van der Waals surface area contributed by atoms with Crippen molar-refractivity contribution in [1.29, 1.82) is 0 Å². The molecule has 1 saturated heterocycles. The van der Waals surface area contributed by atoms with Gasteiger partial charge in [-0.1, -0.05) is 17.7 Å². The van der Waals surface area contributed by atoms with Gasteiger partial charge in [-0.2, -0.15) is 0 Å². The summed E-state index contributed by atoms with van der Waals surface area (Å²) < 4.78 is 0. The van der Waals surface area contributed by atoms with Crippen molar-refractivity contribution in [3.05, 3.63) is 40.4 Å². The summed E-state index contributed by atoms with van der Waals surface area (Å²) in [6, 6.07) is 4.21. The van der Waals surface area contributed by atoms with Crippen LogP contribution in [0.25, 0.3) is 0 Å². The summed E-state index contributed by atoms with van der Waals surface area (Å²) in [5.74, 6) is 0.0627. The van der Waals surface area contributed by atoms with Crippen molar-refractivity contribution in [1.82, 2.24) is 9.88 Å². The Bertz CT molecular complexity index is 683. The van der Waals surface area contributed by atoms with Crippen LogP contribution in [0.5, 0.6) is 0 Å². The maximum absolute atomic E-state index is 12.4. The van der Waals surface area contributed by atoms with Crippen LogP contribution in [0.4, 0.5) is 10.8 Å². The number of hydrogen-bond donors (Lipinski definition) is 1. The van der Waals surface area contributed by atoms with Gasteiger partial charge in [-0.25, -0.2) is 4.98 Å². The Balaban J connectivity index is 1.53. The molecule has 5 nitrogen and oxygen atoms in total. The van der Waals surface area contributed by atoms with Crippen molar-refractivity contribution in [2.45, 2.75) is 20.8 Å². The second-order valence-corrected chi connectivity index (χ2v) is 7.27. The Morgan fingerprint density at radius 2 is 1.83 bits per heavy atom. The van der Waals surface area contributed by atoms with Gasteiger partial charge < -0.3 is 10.2 Å². The number of amides is 1. The number of nitrogens with zero attached hydrogens (tertiary/aromatic N) is 3. The standard InChI is InChI=1S/C18H24N4OS/c1-13-10-14(2)17(15(3)11-13)20-16(23)12-21-5-7-22(8-6-21)18-19-4-9-24-18/h4,9-11H,5-8,12H2,1-3H3,(H,20,23). The number of hydrogen-bond acceptors (Lipinski definition) is 5. The van der Waals surface area contributed by atoms with Crippen molar-refractivity contribution in [3.63, 3.8) is 0 Å². The van der Waals surface area contributed by atoms with E-state index in [0.29, 0.717) is 6.54 Å². The van der Waals surface area contributed by atoms with Crippen molar-refractivity contribution in [2.24, 2.45) is 0 Å². The van der Waals surface area contributed by atoms with Gasteiger partial charge in [0, 0.05) is 43.4 Å². The number of carbonyl (C=O) groups is 1. The van der Waals surface area contributed by atoms with Crippen molar-refractivity contribution < 1.29 is 4.79 Å². The number of aromatic nitrogens is 1. The molecule has 2 aromatic rings. The fourth-order valence-corrected chi connectivity index (χ4v) is 3.93. The van der Waals surface area contributed by atoms with E-state index in [9.17, 15) is 4.79 Å². The first-order chi connectivity index (χ1) is 11.5. The topological polar surface area (TPSA) is 48.5 Å². The predicted molar refractivity (Wildman–Crippen MR) is 100 cm³/mol. The van der Waals surface area contributed by atoms with Crippen LogP contribution in [-0.4, -0.2) is 48.5 Å². The second-order valence-electron chi connectivity index (χ2n) is 6.40. The monoisotopic (exact) mass is 344 g/mol. The Morgan fingerprint density at radius 1 is 1.17 bits per heavy atom. The van der Waals surface area contributed by atoms with Gasteiger partial charge in [0.05, 0.1) is 6.54 Å². The quantitative estimate of drug-likeness (QED) is 0.926. The number of anilines is 2. The van der Waals surface area contributed by atoms with E-state index in [1.54, 1.807) is 11.3 Å². The summed E-state index contributed by atoms with van der Waals surface area (Å²) in [5.41, 5.74) is 4.41. The third kappa shape index (κ3) is 3.94. The Hall–Kier alpha value is -1.92. The largest absolute Gasteiger partial charge is 0.346 e. The number of piperazine rings is 1. The average Bonchev–Trinajstić information content (AvgIpc) is 3.06. The maximum Gasteiger partial charge on any atom is 0.238 e. The molecule has 0 spiro atoms. The van der Waals surface area contributed by atoms with E-state index in [4.69, 9.17) is 0 Å². The van der Waals surface area contributed by atoms with Crippen molar-refractivity contribution >= 4 is 28.1 Å². The molecule has 1 fully saturated rings. The molecule has 24 heavy (non-hydrogen) atoms. The van der Waals surface area contributed by atoms with Crippen LogP contribution >= 0.6 is 11.3 Å². The normalized spacial score (nSPS) is 15.5. The van der Waals surface area contributed by atoms with Crippen LogP contribution < -0.4 is 10.2 Å². The average molecular weight is 344 g/mol. The van der Waals surface area contributed by atoms with Gasteiger partial charge in [-0.15, -0.1) is 11.3 Å². The molecule has 1 aliphatic rings. The maximum atomic E-state index is 12.4. The number of aryl methyl sites for hydroxylation is 3. The molecule has 0 saturated carbocycles. The first kappa shape index (κ1) is 16.9. The molecule has 0 atom stereocenters. The third-order valence-corrected chi connectivity index (χ3v) is 5.20. The SMILES string of the molecule is Cc1cc(C)c(NC(=O)CN2CCN(c3nccs3)CC2)c(C)c1. The molecule has 0 unspecified atom stereocenters. The summed E-state index contributed by atoms with van der Waals surface area (Å²) >= 11 is 1.67. The number of nitrogens with one attached hydrogen (secondary N) is 1. The van der Waals surface area contributed by atoms with Gasteiger partial charge in [0.25, 0.3) is 0 Å². The molecule has 0 radical (unpaired) electrons. The van der Waals surface area contributed by atoms with Crippen molar-refractivity contribution in [3.8, 4) is 0 Å². The molecule has 6 heteroatoms. The highest BCUT2D eigenvalue weighted by atomic mass is 32.1. The lowest BCUT2D eigenvalue weighted by molar-refractivity contribution is -0.117. The molecule has 0 bridgehead atoms. The summed E-state index contributed by atoms with van der Waals surface area (Å²) in [5, 5.41) is 6.16. The summed E-state index contributed by atoms with van der Waals surface area (Å²) in [6.45, 7) is 10.2. The minimum absolute atomic E-state index is 0.0627. The lowest BCUT2D eigenvalue weighted by Crippen LogP contribution is -2.48. The lowest BCUT2D eigenvalue weighted by Gasteiger charge is -2.34. The van der Waals surface area contributed by atoms with Gasteiger partial charge in [0.2, 0.25) is 5.91 Å². The molecule has 2 heterocycles. The zero-order valence-corrected chi connectivity index (χ0v) is 15.3. The highest BCUT2D eigenvalue weighted by Gasteiger charge is 2.20. The van der Waals surface area contributed by atoms with E-state index in [1.807, 2.05) is 25.4 Å². The smallest absolute Gasteiger partial charge is 0.238 e. The van der Waals surface area contributed by atoms with Gasteiger partial charge in [-0.3, -0.25) is 9.69 Å². The number of carbonyl (C=O) groups excluding carboxylic acids is 1. The summed E-state index contributed by atoms with van der Waals surface area (Å²) in [6.07, 6.45) is 1.84. The molecule has 1 amide bonds. The number of benzene rings is 1. The van der Waals surface area contributed by atoms with Gasteiger partial charge in [0.15, 0.2) is 5.13 Å². The summed E-state index contributed by atoms with van der Waals surface area (Å²) in [7, 11) is 0. The minimum Gasteiger partial charge on any atom is -0.346 e. The lowest BCUT2D eigenvalue weighted by atomic mass is 10.1. The molecule has 1 N–H and O–H groups in total. The van der Waals surface area contributed by atoms with Crippen molar-refractivity contribution in [2.75, 3.05) is 42.9 Å². The van der Waals surface area contributed by atoms with E-state index < -0.39 is 0 Å². The molecular weight excluding hydrogens is 320 g/mol.